The zero-order valence-electron chi connectivity index (χ0n) is 24.8. The largest absolute Gasteiger partial charge is 0.494 e. The van der Waals surface area contributed by atoms with Crippen LogP contribution in [-0.2, 0) is 11.2 Å². The molecule has 2 aromatic carbocycles. The highest BCUT2D eigenvalue weighted by atomic mass is 19.2. The molecule has 232 valence electrons. The van der Waals surface area contributed by atoms with Crippen molar-refractivity contribution < 1.29 is 18.3 Å². The number of unbranched alkanes of at least 4 members (excludes halogenated alkanes) is 1. The van der Waals surface area contributed by atoms with E-state index < -0.39 is 11.6 Å². The number of carbonyl (C=O) groups excluding carboxylic acids is 1. The second-order valence-electron chi connectivity index (χ2n) is 9.93. The molecule has 0 bridgehead atoms. The number of imidazole rings is 1. The van der Waals surface area contributed by atoms with Gasteiger partial charge >= 0.3 is 0 Å². The van der Waals surface area contributed by atoms with Gasteiger partial charge < -0.3 is 32.2 Å². The zero-order chi connectivity index (χ0) is 31.6. The second kappa shape index (κ2) is 14.8. The summed E-state index contributed by atoms with van der Waals surface area (Å²) in [6.07, 6.45) is 7.27. The van der Waals surface area contributed by atoms with Gasteiger partial charge in [-0.25, -0.2) is 14.4 Å². The number of amides is 1. The van der Waals surface area contributed by atoms with Crippen LogP contribution in [0.3, 0.4) is 0 Å². The number of fused-ring (bicyclic) bond motifs is 1. The van der Waals surface area contributed by atoms with E-state index in [0.717, 1.165) is 35.4 Å². The minimum atomic E-state index is -1.06. The maximum atomic E-state index is 14.8. The molecular weight excluding hydrogens is 568 g/mol. The van der Waals surface area contributed by atoms with Crippen molar-refractivity contribution in [1.29, 1.82) is 0 Å². The SMILES string of the molecule is C=C(NCCNC(=O)CCCCN=C(N)N)c1ccc(Nc2nccn3c(-c4ccc(OC)c(F)c4F)cnc23)cc1CC. The number of guanidine groups is 1. The summed E-state index contributed by atoms with van der Waals surface area (Å²) in [5, 5.41) is 9.47. The Bertz CT molecular complexity index is 1670. The summed E-state index contributed by atoms with van der Waals surface area (Å²) >= 11 is 0. The van der Waals surface area contributed by atoms with Gasteiger partial charge in [-0.15, -0.1) is 0 Å². The van der Waals surface area contributed by atoms with Gasteiger partial charge in [0.1, 0.15) is 0 Å². The molecule has 2 heterocycles. The van der Waals surface area contributed by atoms with Crippen molar-refractivity contribution in [2.24, 2.45) is 16.5 Å². The molecule has 7 N–H and O–H groups in total. The first-order chi connectivity index (χ1) is 21.2. The summed E-state index contributed by atoms with van der Waals surface area (Å²) in [6, 6.07) is 8.69. The molecule has 11 nitrogen and oxygen atoms in total. The molecule has 4 aromatic rings. The topological polar surface area (TPSA) is 157 Å². The number of nitrogens with two attached hydrogens (primary N) is 2. The molecule has 2 aromatic heterocycles. The number of aliphatic imine (C=N–C) groups is 1. The summed E-state index contributed by atoms with van der Waals surface area (Å²) in [5.41, 5.74) is 15.0. The Labute approximate surface area is 254 Å². The first kappa shape index (κ1) is 31.7. The van der Waals surface area contributed by atoms with Crippen LogP contribution in [0.15, 0.2) is 60.5 Å². The van der Waals surface area contributed by atoms with Crippen molar-refractivity contribution in [2.75, 3.05) is 32.1 Å². The molecule has 13 heteroatoms. The molecule has 0 aliphatic carbocycles. The van der Waals surface area contributed by atoms with E-state index >= 15 is 0 Å². The van der Waals surface area contributed by atoms with Crippen molar-refractivity contribution in [2.45, 2.75) is 32.6 Å². The Hall–Kier alpha value is -5.20. The molecule has 0 spiro atoms. The summed E-state index contributed by atoms with van der Waals surface area (Å²) in [4.78, 5) is 24.8. The third kappa shape index (κ3) is 7.60. The van der Waals surface area contributed by atoms with E-state index in [-0.39, 0.29) is 23.2 Å². The molecule has 0 unspecified atom stereocenters. The molecule has 0 atom stereocenters. The smallest absolute Gasteiger partial charge is 0.220 e. The van der Waals surface area contributed by atoms with Crippen molar-refractivity contribution in [3.8, 4) is 17.0 Å². The highest BCUT2D eigenvalue weighted by Gasteiger charge is 2.19. The predicted octanol–water partition coefficient (Wildman–Crippen LogP) is 4.11. The first-order valence-electron chi connectivity index (χ1n) is 14.2. The van der Waals surface area contributed by atoms with Gasteiger partial charge in [0.25, 0.3) is 0 Å². The Morgan fingerprint density at radius 2 is 1.89 bits per heavy atom. The average Bonchev–Trinajstić information content (AvgIpc) is 3.45. The molecule has 0 radical (unpaired) electrons. The van der Waals surface area contributed by atoms with Gasteiger partial charge in [0.05, 0.1) is 19.0 Å². The number of anilines is 2. The zero-order valence-corrected chi connectivity index (χ0v) is 24.8. The standard InChI is InChI=1S/C31H37F2N9O2/c1-4-20-17-21(8-9-22(20)19(2)36-13-14-37-26(43)7-5-6-12-39-31(34)35)41-29-30-40-18-24(42(30)16-15-38-29)23-10-11-25(44-3)28(33)27(23)32/h8-11,15-18,36H,2,4-7,12-14H2,1,3H3,(H,37,43)(H,38,41)(H4,34,35,39). The van der Waals surface area contributed by atoms with E-state index in [1.165, 1.54) is 25.4 Å². The van der Waals surface area contributed by atoms with Gasteiger partial charge in [-0.2, -0.15) is 4.39 Å². The monoisotopic (exact) mass is 605 g/mol. The number of rotatable bonds is 15. The van der Waals surface area contributed by atoms with Crippen LogP contribution in [-0.4, -0.2) is 53.0 Å². The lowest BCUT2D eigenvalue weighted by molar-refractivity contribution is -0.121. The fourth-order valence-electron chi connectivity index (χ4n) is 4.69. The van der Waals surface area contributed by atoms with Crippen LogP contribution in [0.1, 0.15) is 37.3 Å². The summed E-state index contributed by atoms with van der Waals surface area (Å²) in [5.74, 6) is -1.78. The lowest BCUT2D eigenvalue weighted by Gasteiger charge is -2.16. The van der Waals surface area contributed by atoms with Gasteiger partial charge in [0.2, 0.25) is 11.7 Å². The number of benzene rings is 2. The fourth-order valence-corrected chi connectivity index (χ4v) is 4.69. The predicted molar refractivity (Wildman–Crippen MR) is 169 cm³/mol. The van der Waals surface area contributed by atoms with Crippen molar-refractivity contribution in [3.63, 3.8) is 0 Å². The van der Waals surface area contributed by atoms with E-state index in [9.17, 15) is 13.6 Å². The number of hydrogen-bond acceptors (Lipinski definition) is 7. The Morgan fingerprint density at radius 3 is 2.64 bits per heavy atom. The lowest BCUT2D eigenvalue weighted by atomic mass is 10.0. The molecule has 1 amide bonds. The quantitative estimate of drug-likeness (QED) is 0.0770. The molecule has 4 rings (SSSR count). The van der Waals surface area contributed by atoms with Gasteiger partial charge in [0.15, 0.2) is 29.0 Å². The van der Waals surface area contributed by atoms with E-state index in [0.29, 0.717) is 49.6 Å². The van der Waals surface area contributed by atoms with Crippen LogP contribution in [0.25, 0.3) is 22.6 Å². The van der Waals surface area contributed by atoms with E-state index in [1.807, 2.05) is 25.1 Å². The average molecular weight is 606 g/mol. The summed E-state index contributed by atoms with van der Waals surface area (Å²) in [6.45, 7) is 7.72. The molecule has 0 saturated carbocycles. The maximum Gasteiger partial charge on any atom is 0.220 e. The van der Waals surface area contributed by atoms with Crippen LogP contribution in [0, 0.1) is 11.6 Å². The number of ether oxygens (including phenoxy) is 1. The van der Waals surface area contributed by atoms with E-state index in [1.54, 1.807) is 16.8 Å². The molecule has 0 fully saturated rings. The molecule has 0 aliphatic rings. The summed E-state index contributed by atoms with van der Waals surface area (Å²) in [7, 11) is 1.28. The van der Waals surface area contributed by atoms with Gasteiger partial charge in [0, 0.05) is 61.0 Å². The third-order valence-electron chi connectivity index (χ3n) is 6.94. The van der Waals surface area contributed by atoms with E-state index in [2.05, 4.69) is 37.5 Å². The number of halogens is 2. The van der Waals surface area contributed by atoms with Crippen LogP contribution in [0.4, 0.5) is 20.3 Å². The molecule has 44 heavy (non-hydrogen) atoms. The minimum Gasteiger partial charge on any atom is -0.494 e. The third-order valence-corrected chi connectivity index (χ3v) is 6.94. The minimum absolute atomic E-state index is 0.0266. The number of aryl methyl sites for hydroxylation is 1. The van der Waals surface area contributed by atoms with E-state index in [4.69, 9.17) is 16.2 Å². The van der Waals surface area contributed by atoms with Gasteiger partial charge in [-0.1, -0.05) is 19.6 Å². The molecule has 0 aliphatic heterocycles. The number of methoxy groups -OCH3 is 1. The van der Waals surface area contributed by atoms with Crippen molar-refractivity contribution in [1.82, 2.24) is 25.0 Å². The van der Waals surface area contributed by atoms with Crippen LogP contribution >= 0.6 is 0 Å². The maximum absolute atomic E-state index is 14.8. The number of nitrogens with zero attached hydrogens (tertiary/aromatic N) is 4. The highest BCUT2D eigenvalue weighted by Crippen LogP contribution is 2.32. The number of aromatic nitrogens is 3. The van der Waals surface area contributed by atoms with Crippen molar-refractivity contribution >= 4 is 34.7 Å². The number of carbonyl (C=O) groups is 1. The summed E-state index contributed by atoms with van der Waals surface area (Å²) < 4.78 is 35.7. The number of hydrogen-bond donors (Lipinski definition) is 5. The molecular formula is C31H37F2N9O2. The Balaban J connectivity index is 1.38. The lowest BCUT2D eigenvalue weighted by Crippen LogP contribution is -2.31. The van der Waals surface area contributed by atoms with Crippen molar-refractivity contribution in [3.05, 3.63) is 78.3 Å². The molecule has 0 saturated heterocycles. The van der Waals surface area contributed by atoms with Crippen LogP contribution in [0.5, 0.6) is 5.75 Å². The normalized spacial score (nSPS) is 10.8. The van der Waals surface area contributed by atoms with Crippen LogP contribution in [0.2, 0.25) is 0 Å². The second-order valence-corrected chi connectivity index (χ2v) is 9.93. The van der Waals surface area contributed by atoms with Crippen LogP contribution < -0.4 is 32.2 Å². The Kier molecular flexibility index (Phi) is 10.7. The first-order valence-corrected chi connectivity index (χ1v) is 14.2. The van der Waals surface area contributed by atoms with Gasteiger partial charge in [-0.3, -0.25) is 14.2 Å². The van der Waals surface area contributed by atoms with Gasteiger partial charge in [-0.05, 0) is 49.1 Å². The Morgan fingerprint density at radius 1 is 1.09 bits per heavy atom. The highest BCUT2D eigenvalue weighted by molar-refractivity contribution is 5.77. The number of nitrogens with one attached hydrogen (secondary N) is 3. The fraction of sp³-hybridized carbons (Fsp3) is 0.290.